The second-order valence-electron chi connectivity index (χ2n) is 6.46. The highest BCUT2D eigenvalue weighted by Crippen LogP contribution is 2.18. The number of carbonyl (C=O) groups is 2. The number of oxazole rings is 1. The molecule has 0 radical (unpaired) electrons. The van der Waals surface area contributed by atoms with E-state index in [1.807, 2.05) is 27.0 Å². The second-order valence-corrected chi connectivity index (χ2v) is 6.46. The number of carbonyl (C=O) groups excluding carboxylic acids is 2. The molecule has 25 heavy (non-hydrogen) atoms. The Kier molecular flexibility index (Phi) is 4.82. The molecule has 9 nitrogen and oxygen atoms in total. The van der Waals surface area contributed by atoms with Crippen LogP contribution in [0.1, 0.15) is 49.2 Å². The summed E-state index contributed by atoms with van der Waals surface area (Å²) in [5.41, 5.74) is 1.64. The highest BCUT2D eigenvalue weighted by molar-refractivity contribution is 5.96. The fourth-order valence-corrected chi connectivity index (χ4v) is 2.58. The number of aryl methyl sites for hydroxylation is 1. The topological polar surface area (TPSA) is 106 Å². The van der Waals surface area contributed by atoms with Gasteiger partial charge in [0, 0.05) is 38.0 Å². The molecule has 1 aliphatic heterocycles. The lowest BCUT2D eigenvalue weighted by atomic mass is 10.2. The average Bonchev–Trinajstić information content (AvgIpc) is 3.14. The third-order valence-corrected chi connectivity index (χ3v) is 4.08. The van der Waals surface area contributed by atoms with E-state index in [2.05, 4.69) is 20.6 Å². The van der Waals surface area contributed by atoms with Crippen LogP contribution in [-0.4, -0.2) is 49.9 Å². The zero-order valence-corrected chi connectivity index (χ0v) is 14.7. The first-order chi connectivity index (χ1) is 11.9. The summed E-state index contributed by atoms with van der Waals surface area (Å²) >= 11 is 0. The molecule has 2 aromatic rings. The summed E-state index contributed by atoms with van der Waals surface area (Å²) in [6.45, 7) is 7.39. The number of hydrogen-bond acceptors (Lipinski definition) is 6. The van der Waals surface area contributed by atoms with Gasteiger partial charge in [0.15, 0.2) is 5.89 Å². The first-order valence-corrected chi connectivity index (χ1v) is 8.36. The molecular weight excluding hydrogens is 324 g/mol. The van der Waals surface area contributed by atoms with E-state index in [-0.39, 0.29) is 17.9 Å². The van der Waals surface area contributed by atoms with Crippen LogP contribution in [0.25, 0.3) is 0 Å². The number of hydrogen-bond donors (Lipinski definition) is 1. The van der Waals surface area contributed by atoms with Gasteiger partial charge < -0.3 is 9.32 Å². The van der Waals surface area contributed by atoms with Crippen molar-refractivity contribution in [3.8, 4) is 0 Å². The maximum atomic E-state index is 11.7. The number of imide groups is 1. The molecule has 0 aliphatic carbocycles. The number of nitrogens with one attached hydrogen (secondary N) is 1. The van der Waals surface area contributed by atoms with Crippen LogP contribution in [0, 0.1) is 6.92 Å². The van der Waals surface area contributed by atoms with E-state index in [4.69, 9.17) is 4.42 Å². The van der Waals surface area contributed by atoms with Gasteiger partial charge in [0.1, 0.15) is 12.3 Å². The Balaban J connectivity index is 1.57. The predicted molar refractivity (Wildman–Crippen MR) is 87.9 cm³/mol. The van der Waals surface area contributed by atoms with Crippen molar-refractivity contribution in [3.05, 3.63) is 29.2 Å². The molecular formula is C16H22N6O3. The van der Waals surface area contributed by atoms with Crippen molar-refractivity contribution in [2.75, 3.05) is 13.1 Å². The van der Waals surface area contributed by atoms with Crippen molar-refractivity contribution in [2.45, 2.75) is 46.1 Å². The lowest BCUT2D eigenvalue weighted by Gasteiger charge is -2.25. The van der Waals surface area contributed by atoms with E-state index in [1.54, 1.807) is 9.58 Å². The molecule has 1 aliphatic rings. The van der Waals surface area contributed by atoms with Crippen LogP contribution in [0.4, 0.5) is 4.79 Å². The lowest BCUT2D eigenvalue weighted by Crippen LogP contribution is -2.49. The van der Waals surface area contributed by atoms with E-state index in [9.17, 15) is 9.59 Å². The molecule has 0 spiro atoms. The molecule has 9 heteroatoms. The third kappa shape index (κ3) is 4.04. The maximum absolute atomic E-state index is 11.7. The number of amides is 3. The SMILES string of the molecule is Cc1nc(C(C)C)oc1Cn1cc(CCN2CCC(=O)NC2=O)nn1. The standard InChI is InChI=1S/C16H22N6O3/c1-10(2)15-17-11(3)13(25-15)9-22-8-12(19-20-22)4-6-21-7-5-14(23)18-16(21)24/h8,10H,4-7,9H2,1-3H3,(H,18,23,24). The van der Waals surface area contributed by atoms with Crippen molar-refractivity contribution < 1.29 is 14.0 Å². The van der Waals surface area contributed by atoms with Crippen LogP contribution >= 0.6 is 0 Å². The smallest absolute Gasteiger partial charge is 0.324 e. The summed E-state index contributed by atoms with van der Waals surface area (Å²) in [4.78, 5) is 28.9. The Morgan fingerprint density at radius 2 is 2.16 bits per heavy atom. The Morgan fingerprint density at radius 1 is 1.36 bits per heavy atom. The van der Waals surface area contributed by atoms with Crippen LogP contribution in [0.15, 0.2) is 10.6 Å². The summed E-state index contributed by atoms with van der Waals surface area (Å²) in [6.07, 6.45) is 2.75. The van der Waals surface area contributed by atoms with Crippen molar-refractivity contribution in [2.24, 2.45) is 0 Å². The van der Waals surface area contributed by atoms with Crippen LogP contribution < -0.4 is 5.32 Å². The summed E-state index contributed by atoms with van der Waals surface area (Å²) in [7, 11) is 0. The minimum atomic E-state index is -0.345. The summed E-state index contributed by atoms with van der Waals surface area (Å²) in [6, 6.07) is -0.345. The molecule has 0 aromatic carbocycles. The molecule has 3 rings (SSSR count). The number of rotatable bonds is 6. The van der Waals surface area contributed by atoms with Crippen LogP contribution in [0.2, 0.25) is 0 Å². The normalized spacial score (nSPS) is 15.1. The van der Waals surface area contributed by atoms with E-state index < -0.39 is 0 Å². The largest absolute Gasteiger partial charge is 0.443 e. The number of aromatic nitrogens is 4. The molecule has 1 N–H and O–H groups in total. The Hall–Kier alpha value is -2.71. The van der Waals surface area contributed by atoms with E-state index in [1.165, 1.54) is 0 Å². The number of urea groups is 1. The highest BCUT2D eigenvalue weighted by Gasteiger charge is 2.22. The molecule has 3 heterocycles. The molecule has 0 atom stereocenters. The van der Waals surface area contributed by atoms with Crippen molar-refractivity contribution in [3.63, 3.8) is 0 Å². The molecule has 0 bridgehead atoms. The van der Waals surface area contributed by atoms with Gasteiger partial charge in [0.2, 0.25) is 5.91 Å². The van der Waals surface area contributed by atoms with E-state index >= 15 is 0 Å². The summed E-state index contributed by atoms with van der Waals surface area (Å²) < 4.78 is 7.48. The Morgan fingerprint density at radius 3 is 2.84 bits per heavy atom. The van der Waals surface area contributed by atoms with Crippen molar-refractivity contribution in [1.29, 1.82) is 0 Å². The quantitative estimate of drug-likeness (QED) is 0.843. The summed E-state index contributed by atoms with van der Waals surface area (Å²) in [5, 5.41) is 10.5. The molecule has 0 saturated carbocycles. The van der Waals surface area contributed by atoms with Crippen LogP contribution in [-0.2, 0) is 17.8 Å². The maximum Gasteiger partial charge on any atom is 0.324 e. The molecule has 0 unspecified atom stereocenters. The first-order valence-electron chi connectivity index (χ1n) is 8.36. The zero-order chi connectivity index (χ0) is 18.0. The van der Waals surface area contributed by atoms with Crippen molar-refractivity contribution >= 4 is 11.9 Å². The van der Waals surface area contributed by atoms with Gasteiger partial charge in [-0.05, 0) is 6.92 Å². The summed E-state index contributed by atoms with van der Waals surface area (Å²) in [5.74, 6) is 1.50. The van der Waals surface area contributed by atoms with Gasteiger partial charge in [-0.15, -0.1) is 5.10 Å². The zero-order valence-electron chi connectivity index (χ0n) is 14.7. The third-order valence-electron chi connectivity index (χ3n) is 4.08. The Labute approximate surface area is 145 Å². The molecule has 3 amide bonds. The van der Waals surface area contributed by atoms with Crippen LogP contribution in [0.5, 0.6) is 0 Å². The second kappa shape index (κ2) is 7.04. The van der Waals surface area contributed by atoms with E-state index in [0.717, 1.165) is 23.0 Å². The van der Waals surface area contributed by atoms with Gasteiger partial charge >= 0.3 is 6.03 Å². The van der Waals surface area contributed by atoms with Gasteiger partial charge in [-0.2, -0.15) is 0 Å². The molecule has 2 aromatic heterocycles. The first kappa shape index (κ1) is 17.1. The molecule has 134 valence electrons. The van der Waals surface area contributed by atoms with Crippen LogP contribution in [0.3, 0.4) is 0 Å². The lowest BCUT2D eigenvalue weighted by molar-refractivity contribution is -0.121. The fourth-order valence-electron chi connectivity index (χ4n) is 2.58. The predicted octanol–water partition coefficient (Wildman–Crippen LogP) is 1.23. The van der Waals surface area contributed by atoms with Gasteiger partial charge in [-0.1, -0.05) is 19.1 Å². The minimum absolute atomic E-state index is 0.226. The minimum Gasteiger partial charge on any atom is -0.443 e. The Bertz CT molecular complexity index is 779. The molecule has 1 saturated heterocycles. The molecule has 1 fully saturated rings. The fraction of sp³-hybridized carbons (Fsp3) is 0.562. The van der Waals surface area contributed by atoms with Gasteiger partial charge in [-0.3, -0.25) is 10.1 Å². The van der Waals surface area contributed by atoms with Crippen molar-refractivity contribution in [1.82, 2.24) is 30.2 Å². The van der Waals surface area contributed by atoms with Gasteiger partial charge in [0.25, 0.3) is 0 Å². The average molecular weight is 346 g/mol. The van der Waals surface area contributed by atoms with Gasteiger partial charge in [-0.25, -0.2) is 14.5 Å². The highest BCUT2D eigenvalue weighted by atomic mass is 16.4. The van der Waals surface area contributed by atoms with Gasteiger partial charge in [0.05, 0.1) is 11.4 Å². The number of nitrogens with zero attached hydrogens (tertiary/aromatic N) is 5. The van der Waals surface area contributed by atoms with E-state index in [0.29, 0.717) is 32.5 Å². The monoisotopic (exact) mass is 346 g/mol.